The van der Waals surface area contributed by atoms with E-state index in [2.05, 4.69) is 15.7 Å². The van der Waals surface area contributed by atoms with Crippen molar-refractivity contribution in [1.29, 1.82) is 0 Å². The summed E-state index contributed by atoms with van der Waals surface area (Å²) < 4.78 is 25.4. The Bertz CT molecular complexity index is 1200. The molecule has 29 heavy (non-hydrogen) atoms. The highest BCUT2D eigenvalue weighted by atomic mass is 35.5. The highest BCUT2D eigenvalue weighted by molar-refractivity contribution is 7.90. The topological polar surface area (TPSA) is 110 Å². The van der Waals surface area contributed by atoms with Gasteiger partial charge in [0.2, 0.25) is 0 Å². The second-order valence-electron chi connectivity index (χ2n) is 6.41. The molecule has 0 fully saturated rings. The van der Waals surface area contributed by atoms with Crippen molar-refractivity contribution in [3.63, 3.8) is 0 Å². The van der Waals surface area contributed by atoms with Crippen molar-refractivity contribution < 1.29 is 18.0 Å². The maximum Gasteiger partial charge on any atom is 0.314 e. The predicted molar refractivity (Wildman–Crippen MR) is 110 cm³/mol. The number of nitrogens with one attached hydrogen (secondary N) is 2. The monoisotopic (exact) mass is 450 g/mol. The fourth-order valence-corrected chi connectivity index (χ4v) is 5.31. The summed E-state index contributed by atoms with van der Waals surface area (Å²) in [6, 6.07) is 10.4. The van der Waals surface area contributed by atoms with E-state index in [0.29, 0.717) is 22.0 Å². The highest BCUT2D eigenvalue weighted by Gasteiger charge is 2.33. The molecule has 150 valence electrons. The number of carbonyl (C=O) groups excluding carboxylic acids is 2. The number of fused-ring (bicyclic) bond motifs is 1. The number of hydrogen-bond donors (Lipinski definition) is 2. The van der Waals surface area contributed by atoms with Crippen LogP contribution < -0.4 is 10.6 Å². The van der Waals surface area contributed by atoms with Crippen molar-refractivity contribution in [2.75, 3.05) is 5.32 Å². The molecule has 0 unspecified atom stereocenters. The van der Waals surface area contributed by atoms with Crippen molar-refractivity contribution in [3.05, 3.63) is 62.9 Å². The number of hydrogen-bond acceptors (Lipinski definition) is 6. The van der Waals surface area contributed by atoms with Crippen LogP contribution in [0.2, 0.25) is 5.02 Å². The normalized spacial score (nSPS) is 14.4. The van der Waals surface area contributed by atoms with Crippen LogP contribution in [0.25, 0.3) is 5.69 Å². The molecule has 8 nitrogen and oxygen atoms in total. The van der Waals surface area contributed by atoms with Gasteiger partial charge < -0.3 is 10.6 Å². The molecular formula is C18H15ClN4O4S2. The van der Waals surface area contributed by atoms with E-state index >= 15 is 0 Å². The minimum absolute atomic E-state index is 0.152. The molecule has 11 heteroatoms. The minimum Gasteiger partial charge on any atom is -0.343 e. The molecule has 1 aliphatic rings. The van der Waals surface area contributed by atoms with Gasteiger partial charge in [-0.2, -0.15) is 5.10 Å². The van der Waals surface area contributed by atoms with Crippen LogP contribution in [0.1, 0.15) is 16.1 Å². The van der Waals surface area contributed by atoms with Crippen molar-refractivity contribution in [2.24, 2.45) is 0 Å². The molecule has 2 aromatic heterocycles. The standard InChI is InChI=1S/C18H15ClN4O4S2/c19-11-3-1-4-12(7-11)23-16(14-9-29(26,27)10-15(14)22-23)21-18(25)17(24)20-8-13-5-2-6-28-13/h1-7H,8-10H2,(H,20,24)(H,21,25). The first-order chi connectivity index (χ1) is 13.8. The van der Waals surface area contributed by atoms with Crippen molar-refractivity contribution in [2.45, 2.75) is 18.1 Å². The number of sulfone groups is 1. The molecule has 0 bridgehead atoms. The van der Waals surface area contributed by atoms with Gasteiger partial charge in [0.1, 0.15) is 5.82 Å². The summed E-state index contributed by atoms with van der Waals surface area (Å²) in [7, 11) is -3.34. The van der Waals surface area contributed by atoms with Gasteiger partial charge in [0.05, 0.1) is 29.4 Å². The Morgan fingerprint density at radius 2 is 2.00 bits per heavy atom. The van der Waals surface area contributed by atoms with Gasteiger partial charge >= 0.3 is 11.8 Å². The van der Waals surface area contributed by atoms with E-state index in [1.54, 1.807) is 24.3 Å². The number of nitrogens with zero attached hydrogens (tertiary/aromatic N) is 2. The zero-order valence-corrected chi connectivity index (χ0v) is 17.3. The molecule has 3 heterocycles. The van der Waals surface area contributed by atoms with E-state index in [0.717, 1.165) is 4.88 Å². The third-order valence-electron chi connectivity index (χ3n) is 4.28. The maximum absolute atomic E-state index is 12.4. The molecule has 2 amide bonds. The SMILES string of the molecule is O=C(NCc1cccs1)C(=O)Nc1c2c(nn1-c1cccc(Cl)c1)CS(=O)(=O)C2. The summed E-state index contributed by atoms with van der Waals surface area (Å²) in [5, 5.41) is 11.7. The second-order valence-corrected chi connectivity index (χ2v) is 9.95. The van der Waals surface area contributed by atoms with Gasteiger partial charge in [-0.15, -0.1) is 11.3 Å². The first-order valence-corrected chi connectivity index (χ1v) is 11.6. The largest absolute Gasteiger partial charge is 0.343 e. The van der Waals surface area contributed by atoms with Crippen LogP contribution in [-0.4, -0.2) is 30.0 Å². The number of anilines is 1. The number of aromatic nitrogens is 2. The Kier molecular flexibility index (Phi) is 5.15. The summed E-state index contributed by atoms with van der Waals surface area (Å²) in [5.41, 5.74) is 1.27. The van der Waals surface area contributed by atoms with E-state index in [-0.39, 0.29) is 23.9 Å². The van der Waals surface area contributed by atoms with Gasteiger partial charge in [-0.3, -0.25) is 9.59 Å². The third-order valence-corrected chi connectivity index (χ3v) is 6.84. The Morgan fingerprint density at radius 3 is 2.72 bits per heavy atom. The Balaban J connectivity index is 1.61. The fraction of sp³-hybridized carbons (Fsp3) is 0.167. The Labute approximate surface area is 175 Å². The smallest absolute Gasteiger partial charge is 0.314 e. The lowest BCUT2D eigenvalue weighted by Gasteiger charge is -2.11. The first-order valence-electron chi connectivity index (χ1n) is 8.51. The molecule has 0 spiro atoms. The molecule has 1 aromatic carbocycles. The molecule has 2 N–H and O–H groups in total. The van der Waals surface area contributed by atoms with Gasteiger partial charge in [0, 0.05) is 15.5 Å². The van der Waals surface area contributed by atoms with Crippen LogP contribution in [-0.2, 0) is 37.5 Å². The van der Waals surface area contributed by atoms with Crippen LogP contribution >= 0.6 is 22.9 Å². The minimum atomic E-state index is -3.34. The van der Waals surface area contributed by atoms with Crippen LogP contribution in [0.5, 0.6) is 0 Å². The number of amides is 2. The molecule has 0 saturated carbocycles. The zero-order valence-electron chi connectivity index (χ0n) is 14.9. The van der Waals surface area contributed by atoms with Gasteiger partial charge in [-0.05, 0) is 29.6 Å². The zero-order chi connectivity index (χ0) is 20.6. The summed E-state index contributed by atoms with van der Waals surface area (Å²) in [4.78, 5) is 25.6. The summed E-state index contributed by atoms with van der Waals surface area (Å²) in [5.74, 6) is -2.05. The first kappa shape index (κ1) is 19.6. The molecule has 0 radical (unpaired) electrons. The maximum atomic E-state index is 12.4. The highest BCUT2D eigenvalue weighted by Crippen LogP contribution is 2.33. The van der Waals surface area contributed by atoms with Gasteiger partial charge in [0.25, 0.3) is 0 Å². The average molecular weight is 451 g/mol. The van der Waals surface area contributed by atoms with Crippen molar-refractivity contribution in [3.8, 4) is 5.69 Å². The molecular weight excluding hydrogens is 436 g/mol. The summed E-state index contributed by atoms with van der Waals surface area (Å²) in [6.07, 6.45) is 0. The molecule has 0 aliphatic carbocycles. The van der Waals surface area contributed by atoms with E-state index in [1.807, 2.05) is 17.5 Å². The van der Waals surface area contributed by atoms with E-state index in [1.165, 1.54) is 16.0 Å². The number of halogens is 1. The number of benzene rings is 1. The summed E-state index contributed by atoms with van der Waals surface area (Å²) >= 11 is 7.50. The fourth-order valence-electron chi connectivity index (χ4n) is 2.99. The lowest BCUT2D eigenvalue weighted by Crippen LogP contribution is -2.35. The molecule has 3 aromatic rings. The predicted octanol–water partition coefficient (Wildman–Crippen LogP) is 2.27. The Hall–Kier alpha value is -2.69. The van der Waals surface area contributed by atoms with E-state index in [4.69, 9.17) is 11.6 Å². The van der Waals surface area contributed by atoms with Crippen LogP contribution in [0.15, 0.2) is 41.8 Å². The number of thiophene rings is 1. The third kappa shape index (κ3) is 4.19. The Morgan fingerprint density at radius 1 is 1.17 bits per heavy atom. The molecule has 0 saturated heterocycles. The molecule has 1 aliphatic heterocycles. The average Bonchev–Trinajstić information content (AvgIpc) is 3.35. The quantitative estimate of drug-likeness (QED) is 0.592. The second kappa shape index (κ2) is 7.62. The van der Waals surface area contributed by atoms with Crippen molar-refractivity contribution >= 4 is 50.4 Å². The van der Waals surface area contributed by atoms with Gasteiger partial charge in [0.15, 0.2) is 9.84 Å². The number of rotatable bonds is 4. The lowest BCUT2D eigenvalue weighted by atomic mass is 10.2. The number of carbonyl (C=O) groups is 2. The van der Waals surface area contributed by atoms with Crippen LogP contribution in [0.3, 0.4) is 0 Å². The summed E-state index contributed by atoms with van der Waals surface area (Å²) in [6.45, 7) is 0.226. The molecule has 0 atom stereocenters. The van der Waals surface area contributed by atoms with E-state index < -0.39 is 21.7 Å². The van der Waals surface area contributed by atoms with E-state index in [9.17, 15) is 18.0 Å². The van der Waals surface area contributed by atoms with Crippen molar-refractivity contribution in [1.82, 2.24) is 15.1 Å². The van der Waals surface area contributed by atoms with Crippen LogP contribution in [0.4, 0.5) is 5.82 Å². The van der Waals surface area contributed by atoms with Gasteiger partial charge in [-0.25, -0.2) is 13.1 Å². The lowest BCUT2D eigenvalue weighted by molar-refractivity contribution is -0.136. The molecule has 4 rings (SSSR count). The van der Waals surface area contributed by atoms with Gasteiger partial charge in [-0.1, -0.05) is 23.7 Å². The van der Waals surface area contributed by atoms with Crippen LogP contribution in [0, 0.1) is 0 Å².